The zero-order valence-corrected chi connectivity index (χ0v) is 20.8. The van der Waals surface area contributed by atoms with Crippen molar-refractivity contribution in [1.82, 2.24) is 4.90 Å². The highest BCUT2D eigenvalue weighted by molar-refractivity contribution is 6.33. The zero-order chi connectivity index (χ0) is 27.0. The number of halogens is 1. The molecule has 0 radical (unpaired) electrons. The minimum atomic E-state index is -2.67. The van der Waals surface area contributed by atoms with Crippen LogP contribution in [0.4, 0.5) is 0 Å². The fraction of sp³-hybridized carbons (Fsp3) is 0.296. The number of allylic oxidation sites excluding steroid dienone is 1. The molecule has 2 aromatic carbocycles. The fourth-order valence-corrected chi connectivity index (χ4v) is 6.42. The van der Waals surface area contributed by atoms with Crippen LogP contribution in [0.2, 0.25) is 5.02 Å². The molecule has 0 aromatic heterocycles. The Kier molecular flexibility index (Phi) is 5.71. The van der Waals surface area contributed by atoms with Gasteiger partial charge in [-0.3, -0.25) is 19.3 Å². The van der Waals surface area contributed by atoms with Gasteiger partial charge >= 0.3 is 0 Å². The Morgan fingerprint density at radius 2 is 1.76 bits per heavy atom. The molecule has 192 valence electrons. The average molecular weight is 525 g/mol. The minimum Gasteiger partial charge on any atom is -0.510 e. The molecule has 3 aliphatic rings. The first-order valence-corrected chi connectivity index (χ1v) is 12.0. The standard InChI is InChI=1S/C27H25ClN2O7/c1-30(2)21-15-10-11-9-14-12(13-5-3-4-6-16(13)28)7-8-17(31)19(14)22(32)18(11)24(34)27(15,37)25(35)20(23(21)33)26(29)36/h3-8,11,15,21,31,33-34,37H,9-10H2,1-2H3,(H2,29,36)/t11-,15-,21-,27-/m1/s1. The van der Waals surface area contributed by atoms with Crippen LogP contribution in [0.3, 0.4) is 0 Å². The molecular weight excluding hydrogens is 500 g/mol. The number of hydrogen-bond acceptors (Lipinski definition) is 8. The number of aliphatic hydroxyl groups excluding tert-OH is 2. The molecule has 0 saturated carbocycles. The number of primary amides is 1. The number of nitrogens with zero attached hydrogens (tertiary/aromatic N) is 1. The number of Topliss-reactive ketones (excluding diaryl/α,β-unsaturated/α-hetero) is 2. The smallest absolute Gasteiger partial charge is 0.255 e. The second-order valence-electron chi connectivity index (χ2n) is 9.93. The summed E-state index contributed by atoms with van der Waals surface area (Å²) < 4.78 is 0. The van der Waals surface area contributed by atoms with E-state index in [0.29, 0.717) is 21.7 Å². The second-order valence-corrected chi connectivity index (χ2v) is 10.3. The Morgan fingerprint density at radius 3 is 2.38 bits per heavy atom. The monoisotopic (exact) mass is 524 g/mol. The molecule has 0 unspecified atom stereocenters. The summed E-state index contributed by atoms with van der Waals surface area (Å²) in [6.45, 7) is 0. The first-order valence-electron chi connectivity index (χ1n) is 11.7. The highest BCUT2D eigenvalue weighted by atomic mass is 35.5. The SMILES string of the molecule is CN(C)[C@H]1C(O)=C(C(N)=O)C(=O)[C@]2(O)C(O)=C3C(=O)c4c(O)ccc(-c5ccccc5Cl)c4C[C@@H]3C[C@H]12. The van der Waals surface area contributed by atoms with E-state index >= 15 is 0 Å². The second kappa shape index (κ2) is 8.44. The molecule has 37 heavy (non-hydrogen) atoms. The van der Waals surface area contributed by atoms with Crippen molar-refractivity contribution < 1.29 is 34.8 Å². The van der Waals surface area contributed by atoms with Crippen molar-refractivity contribution in [2.24, 2.45) is 17.6 Å². The summed E-state index contributed by atoms with van der Waals surface area (Å²) in [6, 6.07) is 9.04. The number of phenolic OH excluding ortho intramolecular Hbond substituents is 1. The molecule has 0 aliphatic heterocycles. The number of aliphatic hydroxyl groups is 3. The maximum Gasteiger partial charge on any atom is 0.255 e. The van der Waals surface area contributed by atoms with E-state index in [1.165, 1.54) is 11.0 Å². The van der Waals surface area contributed by atoms with Crippen LogP contribution < -0.4 is 5.73 Å². The third-order valence-corrected chi connectivity index (χ3v) is 8.10. The number of benzene rings is 2. The van der Waals surface area contributed by atoms with Crippen molar-refractivity contribution >= 4 is 29.1 Å². The highest BCUT2D eigenvalue weighted by Gasteiger charge is 2.63. The average Bonchev–Trinajstić information content (AvgIpc) is 2.82. The lowest BCUT2D eigenvalue weighted by Crippen LogP contribution is -2.63. The third kappa shape index (κ3) is 3.34. The van der Waals surface area contributed by atoms with E-state index < -0.39 is 58.0 Å². The largest absolute Gasteiger partial charge is 0.510 e. The van der Waals surface area contributed by atoms with Gasteiger partial charge in [0.15, 0.2) is 11.4 Å². The number of hydrogen-bond donors (Lipinski definition) is 5. The Hall–Kier alpha value is -3.66. The number of carbonyl (C=O) groups excluding carboxylic acids is 3. The summed E-state index contributed by atoms with van der Waals surface area (Å²) in [4.78, 5) is 40.7. The van der Waals surface area contributed by atoms with Crippen LogP contribution in [-0.2, 0) is 16.0 Å². The van der Waals surface area contributed by atoms with Crippen LogP contribution >= 0.6 is 11.6 Å². The van der Waals surface area contributed by atoms with Crippen molar-refractivity contribution in [2.45, 2.75) is 24.5 Å². The van der Waals surface area contributed by atoms with Crippen LogP contribution in [0.15, 0.2) is 59.1 Å². The number of ketones is 2. The van der Waals surface area contributed by atoms with Crippen LogP contribution in [0, 0.1) is 11.8 Å². The number of phenols is 1. The molecule has 6 N–H and O–H groups in total. The number of nitrogens with two attached hydrogens (primary N) is 1. The third-order valence-electron chi connectivity index (χ3n) is 7.77. The van der Waals surface area contributed by atoms with Crippen LogP contribution in [0.1, 0.15) is 22.3 Å². The first-order chi connectivity index (χ1) is 17.4. The first kappa shape index (κ1) is 25.0. The van der Waals surface area contributed by atoms with Gasteiger partial charge in [0, 0.05) is 22.1 Å². The van der Waals surface area contributed by atoms with Crippen molar-refractivity contribution in [3.8, 4) is 16.9 Å². The van der Waals surface area contributed by atoms with Crippen LogP contribution in [0.5, 0.6) is 5.75 Å². The topological polar surface area (TPSA) is 161 Å². The molecule has 0 bridgehead atoms. The van der Waals surface area contributed by atoms with Crippen LogP contribution in [-0.4, -0.2) is 68.5 Å². The number of amides is 1. The number of aromatic hydroxyl groups is 1. The lowest BCUT2D eigenvalue weighted by molar-refractivity contribution is -0.148. The summed E-state index contributed by atoms with van der Waals surface area (Å²) in [5, 5.41) is 44.9. The quantitative estimate of drug-likeness (QED) is 0.382. The Bertz CT molecular complexity index is 1460. The molecule has 3 aliphatic carbocycles. The van der Waals surface area contributed by atoms with Gasteiger partial charge in [0.1, 0.15) is 22.8 Å². The normalized spacial score (nSPS) is 27.2. The minimum absolute atomic E-state index is 0.0172. The summed E-state index contributed by atoms with van der Waals surface area (Å²) >= 11 is 6.43. The van der Waals surface area contributed by atoms with E-state index in [9.17, 15) is 34.8 Å². The number of rotatable bonds is 3. The van der Waals surface area contributed by atoms with Crippen molar-refractivity contribution in [2.75, 3.05) is 14.1 Å². The van der Waals surface area contributed by atoms with Gasteiger partial charge in [-0.25, -0.2) is 0 Å². The van der Waals surface area contributed by atoms with Gasteiger partial charge in [0.05, 0.1) is 11.6 Å². The molecule has 10 heteroatoms. The van der Waals surface area contributed by atoms with E-state index in [4.69, 9.17) is 17.3 Å². The van der Waals surface area contributed by atoms with Crippen molar-refractivity contribution in [1.29, 1.82) is 0 Å². The number of carbonyl (C=O) groups is 3. The molecular formula is C27H25ClN2O7. The molecule has 5 rings (SSSR count). The predicted molar refractivity (Wildman–Crippen MR) is 134 cm³/mol. The number of fused-ring (bicyclic) bond motifs is 3. The van der Waals surface area contributed by atoms with Crippen molar-refractivity contribution in [3.05, 3.63) is 75.2 Å². The molecule has 0 heterocycles. The summed E-state index contributed by atoms with van der Waals surface area (Å²) in [5.41, 5.74) is 3.39. The van der Waals surface area contributed by atoms with Gasteiger partial charge in [-0.1, -0.05) is 35.9 Å². The van der Waals surface area contributed by atoms with Gasteiger partial charge in [-0.2, -0.15) is 0 Å². The molecule has 2 aromatic rings. The maximum absolute atomic E-state index is 13.8. The summed E-state index contributed by atoms with van der Waals surface area (Å²) in [5.74, 6) is -6.83. The molecule has 0 fully saturated rings. The zero-order valence-electron chi connectivity index (χ0n) is 20.0. The highest BCUT2D eigenvalue weighted by Crippen LogP contribution is 2.53. The van der Waals surface area contributed by atoms with Gasteiger partial charge in [0.2, 0.25) is 5.78 Å². The molecule has 0 spiro atoms. The summed E-state index contributed by atoms with van der Waals surface area (Å²) in [7, 11) is 3.17. The maximum atomic E-state index is 13.8. The lowest BCUT2D eigenvalue weighted by atomic mass is 9.58. The van der Waals surface area contributed by atoms with Crippen molar-refractivity contribution in [3.63, 3.8) is 0 Å². The van der Waals surface area contributed by atoms with Gasteiger partial charge in [0.25, 0.3) is 5.91 Å². The Balaban J connectivity index is 1.74. The van der Waals surface area contributed by atoms with E-state index in [2.05, 4.69) is 0 Å². The van der Waals surface area contributed by atoms with Gasteiger partial charge < -0.3 is 26.2 Å². The molecule has 9 nitrogen and oxygen atoms in total. The van der Waals surface area contributed by atoms with Gasteiger partial charge in [-0.05, 0) is 56.1 Å². The number of likely N-dealkylation sites (N-methyl/N-ethyl adjacent to an activating group) is 1. The fourth-order valence-electron chi connectivity index (χ4n) is 6.18. The predicted octanol–water partition coefficient (Wildman–Crippen LogP) is 2.44. The van der Waals surface area contributed by atoms with E-state index in [0.717, 1.165) is 0 Å². The van der Waals surface area contributed by atoms with Gasteiger partial charge in [-0.15, -0.1) is 0 Å². The molecule has 1 amide bonds. The molecule has 4 atom stereocenters. The molecule has 0 saturated heterocycles. The van der Waals surface area contributed by atoms with E-state index in [-0.39, 0.29) is 29.7 Å². The van der Waals surface area contributed by atoms with E-state index in [1.54, 1.807) is 44.4 Å². The van der Waals surface area contributed by atoms with E-state index in [1.807, 2.05) is 0 Å². The Morgan fingerprint density at radius 1 is 1.08 bits per heavy atom. The van der Waals surface area contributed by atoms with Crippen LogP contribution in [0.25, 0.3) is 11.1 Å². The Labute approximate surface area is 217 Å². The summed E-state index contributed by atoms with van der Waals surface area (Å²) in [6.07, 6.45) is 0.201. The lowest BCUT2D eigenvalue weighted by Gasteiger charge is -2.50.